The van der Waals surface area contributed by atoms with Gasteiger partial charge in [-0.05, 0) is 49.8 Å². The van der Waals surface area contributed by atoms with Gasteiger partial charge in [0.15, 0.2) is 0 Å². The van der Waals surface area contributed by atoms with Crippen molar-refractivity contribution in [2.45, 2.75) is 50.7 Å². The first-order valence-corrected chi connectivity index (χ1v) is 6.89. The zero-order valence-electron chi connectivity index (χ0n) is 11.0. The number of rotatable bonds is 6. The number of carboxylic acid groups (broad SMARTS) is 1. The molecule has 1 aromatic carbocycles. The molecule has 1 aliphatic carbocycles. The van der Waals surface area contributed by atoms with Crippen molar-refractivity contribution in [1.82, 2.24) is 0 Å². The number of carbonyl (C=O) groups is 1. The first-order valence-electron chi connectivity index (χ1n) is 6.89. The quantitative estimate of drug-likeness (QED) is 0.827. The Morgan fingerprint density at radius 1 is 1.42 bits per heavy atom. The van der Waals surface area contributed by atoms with Crippen molar-refractivity contribution < 1.29 is 14.6 Å². The molecule has 1 atom stereocenters. The van der Waals surface area contributed by atoms with Crippen LogP contribution in [0.2, 0.25) is 0 Å². The Bertz CT molecular complexity index is 427. The highest BCUT2D eigenvalue weighted by Crippen LogP contribution is 2.26. The van der Waals surface area contributed by atoms with E-state index in [-0.39, 0.29) is 12.5 Å². The molecular weight excluding hydrogens is 242 g/mol. The second-order valence-corrected chi connectivity index (χ2v) is 5.14. The van der Waals surface area contributed by atoms with Crippen molar-refractivity contribution in [3.63, 3.8) is 0 Å². The maximum atomic E-state index is 10.6. The number of carboxylic acids is 1. The van der Waals surface area contributed by atoms with Crippen molar-refractivity contribution in [3.05, 3.63) is 29.8 Å². The third-order valence-electron chi connectivity index (χ3n) is 3.56. The highest BCUT2D eigenvalue weighted by Gasteiger charge is 2.17. The fraction of sp³-hybridized carbons (Fsp3) is 0.533. The monoisotopic (exact) mass is 263 g/mol. The van der Waals surface area contributed by atoms with Gasteiger partial charge in [0.2, 0.25) is 0 Å². The number of aliphatic carboxylic acids is 1. The second-order valence-electron chi connectivity index (χ2n) is 5.14. The fourth-order valence-electron chi connectivity index (χ4n) is 2.46. The van der Waals surface area contributed by atoms with Gasteiger partial charge in [-0.2, -0.15) is 0 Å². The topological polar surface area (TPSA) is 72.6 Å². The Balaban J connectivity index is 1.95. The number of ether oxygens (including phenoxy) is 1. The molecule has 0 saturated heterocycles. The summed E-state index contributed by atoms with van der Waals surface area (Å²) in [5.74, 6) is 0.0315. The summed E-state index contributed by atoms with van der Waals surface area (Å²) in [4.78, 5) is 10.6. The molecule has 104 valence electrons. The summed E-state index contributed by atoms with van der Waals surface area (Å²) >= 11 is 0. The molecule has 4 heteroatoms. The normalized spacial score (nSPS) is 17.3. The van der Waals surface area contributed by atoms with Gasteiger partial charge in [0.1, 0.15) is 5.75 Å². The molecule has 2 rings (SSSR count). The van der Waals surface area contributed by atoms with E-state index < -0.39 is 5.97 Å². The van der Waals surface area contributed by atoms with Crippen molar-refractivity contribution in [2.75, 3.05) is 0 Å². The van der Waals surface area contributed by atoms with E-state index in [1.165, 1.54) is 12.8 Å². The van der Waals surface area contributed by atoms with E-state index in [1.54, 1.807) is 0 Å². The van der Waals surface area contributed by atoms with Crippen LogP contribution in [0.1, 0.15) is 50.1 Å². The number of hydrogen-bond donors (Lipinski definition) is 2. The van der Waals surface area contributed by atoms with Crippen LogP contribution >= 0.6 is 0 Å². The maximum absolute atomic E-state index is 10.6. The number of benzene rings is 1. The molecule has 1 aromatic rings. The lowest BCUT2D eigenvalue weighted by Gasteiger charge is -2.16. The molecule has 0 spiro atoms. The Morgan fingerprint density at radius 3 is 2.84 bits per heavy atom. The van der Waals surface area contributed by atoms with E-state index in [9.17, 15) is 4.79 Å². The van der Waals surface area contributed by atoms with Crippen LogP contribution in [0, 0.1) is 0 Å². The van der Waals surface area contributed by atoms with Crippen LogP contribution in [0.15, 0.2) is 24.3 Å². The Morgan fingerprint density at radius 2 is 2.16 bits per heavy atom. The van der Waals surface area contributed by atoms with E-state index in [1.807, 2.05) is 24.3 Å². The van der Waals surface area contributed by atoms with Crippen LogP contribution < -0.4 is 10.5 Å². The average Bonchev–Trinajstić information content (AvgIpc) is 2.89. The van der Waals surface area contributed by atoms with Crippen molar-refractivity contribution in [3.8, 4) is 5.75 Å². The van der Waals surface area contributed by atoms with Gasteiger partial charge in [0.25, 0.3) is 0 Å². The zero-order valence-corrected chi connectivity index (χ0v) is 11.0. The van der Waals surface area contributed by atoms with E-state index in [2.05, 4.69) is 0 Å². The summed E-state index contributed by atoms with van der Waals surface area (Å²) < 4.78 is 5.92. The Labute approximate surface area is 113 Å². The van der Waals surface area contributed by atoms with Gasteiger partial charge in [-0.15, -0.1) is 0 Å². The molecular formula is C15H21NO3. The fourth-order valence-corrected chi connectivity index (χ4v) is 2.46. The summed E-state index contributed by atoms with van der Waals surface area (Å²) in [6, 6.07) is 7.47. The molecule has 1 unspecified atom stereocenters. The van der Waals surface area contributed by atoms with E-state index in [0.29, 0.717) is 12.5 Å². The van der Waals surface area contributed by atoms with E-state index in [4.69, 9.17) is 15.6 Å². The van der Waals surface area contributed by atoms with Gasteiger partial charge >= 0.3 is 5.97 Å². The molecule has 0 amide bonds. The van der Waals surface area contributed by atoms with E-state index in [0.717, 1.165) is 24.2 Å². The van der Waals surface area contributed by atoms with Crippen LogP contribution in [0.4, 0.5) is 0 Å². The molecule has 0 aliphatic heterocycles. The summed E-state index contributed by atoms with van der Waals surface area (Å²) in [6.07, 6.45) is 5.58. The van der Waals surface area contributed by atoms with Crippen LogP contribution in [0.25, 0.3) is 0 Å². The maximum Gasteiger partial charge on any atom is 0.303 e. The lowest BCUT2D eigenvalue weighted by Crippen LogP contribution is -2.14. The molecule has 0 bridgehead atoms. The third-order valence-corrected chi connectivity index (χ3v) is 3.56. The van der Waals surface area contributed by atoms with Crippen molar-refractivity contribution in [2.24, 2.45) is 5.73 Å². The molecule has 0 heterocycles. The minimum Gasteiger partial charge on any atom is -0.490 e. The van der Waals surface area contributed by atoms with Gasteiger partial charge < -0.3 is 15.6 Å². The first-order chi connectivity index (χ1) is 9.15. The van der Waals surface area contributed by atoms with Crippen LogP contribution in [-0.2, 0) is 4.79 Å². The van der Waals surface area contributed by atoms with E-state index >= 15 is 0 Å². The highest BCUT2D eigenvalue weighted by molar-refractivity contribution is 5.66. The number of hydrogen-bond acceptors (Lipinski definition) is 3. The SMILES string of the molecule is NC(CCC(=O)O)c1cccc(OC2CCCC2)c1. The van der Waals surface area contributed by atoms with Crippen molar-refractivity contribution in [1.29, 1.82) is 0 Å². The Kier molecular flexibility index (Phi) is 4.80. The van der Waals surface area contributed by atoms with Gasteiger partial charge in [0, 0.05) is 12.5 Å². The molecule has 1 saturated carbocycles. The summed E-state index contributed by atoms with van der Waals surface area (Å²) in [5, 5.41) is 8.67. The summed E-state index contributed by atoms with van der Waals surface area (Å²) in [5.41, 5.74) is 6.94. The predicted octanol–water partition coefficient (Wildman–Crippen LogP) is 2.87. The highest BCUT2D eigenvalue weighted by atomic mass is 16.5. The van der Waals surface area contributed by atoms with Crippen LogP contribution in [0.5, 0.6) is 5.75 Å². The first kappa shape index (κ1) is 13.9. The molecule has 1 fully saturated rings. The Hall–Kier alpha value is -1.55. The molecule has 1 aliphatic rings. The third kappa shape index (κ3) is 4.24. The molecule has 4 nitrogen and oxygen atoms in total. The zero-order chi connectivity index (χ0) is 13.7. The lowest BCUT2D eigenvalue weighted by atomic mass is 10.0. The standard InChI is InChI=1S/C15H21NO3/c16-14(8-9-15(17)18)11-4-3-7-13(10-11)19-12-5-1-2-6-12/h3-4,7,10,12,14H,1-2,5-6,8-9,16H2,(H,17,18). The van der Waals surface area contributed by atoms with Crippen LogP contribution in [-0.4, -0.2) is 17.2 Å². The van der Waals surface area contributed by atoms with Gasteiger partial charge in [-0.1, -0.05) is 12.1 Å². The van der Waals surface area contributed by atoms with Crippen LogP contribution in [0.3, 0.4) is 0 Å². The van der Waals surface area contributed by atoms with Gasteiger partial charge in [-0.25, -0.2) is 0 Å². The molecule has 0 radical (unpaired) electrons. The average molecular weight is 263 g/mol. The molecule has 0 aromatic heterocycles. The minimum atomic E-state index is -0.811. The second kappa shape index (κ2) is 6.57. The van der Waals surface area contributed by atoms with Gasteiger partial charge in [0.05, 0.1) is 6.10 Å². The predicted molar refractivity (Wildman–Crippen MR) is 73.1 cm³/mol. The molecule has 3 N–H and O–H groups in total. The van der Waals surface area contributed by atoms with Crippen molar-refractivity contribution >= 4 is 5.97 Å². The largest absolute Gasteiger partial charge is 0.490 e. The van der Waals surface area contributed by atoms with Gasteiger partial charge in [-0.3, -0.25) is 4.79 Å². The summed E-state index contributed by atoms with van der Waals surface area (Å²) in [7, 11) is 0. The number of nitrogens with two attached hydrogens (primary N) is 1. The smallest absolute Gasteiger partial charge is 0.303 e. The molecule has 19 heavy (non-hydrogen) atoms. The minimum absolute atomic E-state index is 0.0921. The summed E-state index contributed by atoms with van der Waals surface area (Å²) in [6.45, 7) is 0. The lowest BCUT2D eigenvalue weighted by molar-refractivity contribution is -0.137.